The lowest BCUT2D eigenvalue weighted by Gasteiger charge is -2.16. The molecule has 0 unspecified atom stereocenters. The number of methoxy groups -OCH3 is 1. The van der Waals surface area contributed by atoms with Gasteiger partial charge in [0.2, 0.25) is 5.28 Å². The third kappa shape index (κ3) is 6.37. The van der Waals surface area contributed by atoms with Crippen LogP contribution in [0.15, 0.2) is 46.3 Å². The fourth-order valence-electron chi connectivity index (χ4n) is 3.95. The number of hydrogen-bond acceptors (Lipinski definition) is 8. The SMILES string of the molecule is CCCOc1cc(OCCCOC)cc(Oc2cc3c(cc2NS(=O)(=O)c2cn(C)c(Cl)n2)n(C)c(=O)n3C)c1. The van der Waals surface area contributed by atoms with Crippen molar-refractivity contribution in [1.29, 1.82) is 0 Å². The normalized spacial score (nSPS) is 11.7. The summed E-state index contributed by atoms with van der Waals surface area (Å²) in [5.41, 5.74) is 0.858. The number of rotatable bonds is 13. The number of nitrogens with one attached hydrogen (secondary N) is 1. The van der Waals surface area contributed by atoms with Crippen LogP contribution in [-0.2, 0) is 35.9 Å². The largest absolute Gasteiger partial charge is 0.493 e. The fraction of sp³-hybridized carbons (Fsp3) is 0.385. The van der Waals surface area contributed by atoms with E-state index in [1.54, 1.807) is 52.5 Å². The van der Waals surface area contributed by atoms with Crippen LogP contribution in [0.3, 0.4) is 0 Å². The maximum Gasteiger partial charge on any atom is 0.328 e. The summed E-state index contributed by atoms with van der Waals surface area (Å²) in [6.45, 7) is 3.45. The van der Waals surface area contributed by atoms with E-state index in [1.165, 1.54) is 26.0 Å². The number of nitrogens with zero attached hydrogens (tertiary/aromatic N) is 4. The first-order valence-corrected chi connectivity index (χ1v) is 14.4. The van der Waals surface area contributed by atoms with Crippen molar-refractivity contribution in [3.8, 4) is 23.0 Å². The van der Waals surface area contributed by atoms with E-state index in [4.69, 9.17) is 30.5 Å². The third-order valence-corrected chi connectivity index (χ3v) is 7.59. The molecule has 12 nitrogen and oxygen atoms in total. The van der Waals surface area contributed by atoms with Crippen LogP contribution in [0.4, 0.5) is 5.69 Å². The standard InChI is InChI=1S/C26H32ClN5O7S/c1-6-8-37-17-11-18(38-10-7-9-36-5)13-19(12-17)39-23-15-22-21(31(3)26(33)32(22)4)14-20(23)29-40(34,35)24-16-30(2)25(27)28-24/h11-16,29H,6-10H2,1-5H3. The van der Waals surface area contributed by atoms with Gasteiger partial charge in [0.1, 0.15) is 17.2 Å². The maximum atomic E-state index is 13.2. The second-order valence-electron chi connectivity index (χ2n) is 9.09. The average Bonchev–Trinajstić information content (AvgIpc) is 3.37. The van der Waals surface area contributed by atoms with Crippen LogP contribution in [0.2, 0.25) is 5.28 Å². The van der Waals surface area contributed by atoms with Crippen molar-refractivity contribution in [2.45, 2.75) is 24.8 Å². The van der Waals surface area contributed by atoms with Gasteiger partial charge in [0.15, 0.2) is 10.8 Å². The molecule has 2 aromatic heterocycles. The van der Waals surface area contributed by atoms with Gasteiger partial charge in [0.25, 0.3) is 10.0 Å². The Morgan fingerprint density at radius 3 is 2.15 bits per heavy atom. The average molecular weight is 594 g/mol. The molecule has 0 atom stereocenters. The zero-order chi connectivity index (χ0) is 29.0. The van der Waals surface area contributed by atoms with Gasteiger partial charge in [-0.25, -0.2) is 9.78 Å². The fourth-order valence-corrected chi connectivity index (χ4v) is 5.19. The van der Waals surface area contributed by atoms with Crippen LogP contribution in [0.5, 0.6) is 23.0 Å². The van der Waals surface area contributed by atoms with Gasteiger partial charge in [-0.15, -0.1) is 0 Å². The molecule has 40 heavy (non-hydrogen) atoms. The first-order chi connectivity index (χ1) is 19.0. The first-order valence-electron chi connectivity index (χ1n) is 12.5. The molecule has 2 aromatic carbocycles. The molecule has 1 N–H and O–H groups in total. The van der Waals surface area contributed by atoms with Crippen molar-refractivity contribution in [2.24, 2.45) is 21.1 Å². The van der Waals surface area contributed by atoms with Crippen molar-refractivity contribution in [3.63, 3.8) is 0 Å². The summed E-state index contributed by atoms with van der Waals surface area (Å²) in [5, 5.41) is -0.255. The van der Waals surface area contributed by atoms with E-state index in [1.807, 2.05) is 6.92 Å². The summed E-state index contributed by atoms with van der Waals surface area (Å²) in [6, 6.07) is 8.25. The van der Waals surface area contributed by atoms with Crippen LogP contribution in [0.25, 0.3) is 11.0 Å². The molecular formula is C26H32ClN5O7S. The minimum Gasteiger partial charge on any atom is -0.493 e. The zero-order valence-corrected chi connectivity index (χ0v) is 24.5. The Balaban J connectivity index is 1.77. The van der Waals surface area contributed by atoms with Crippen LogP contribution < -0.4 is 24.6 Å². The summed E-state index contributed by atoms with van der Waals surface area (Å²) in [6.07, 6.45) is 2.79. The molecule has 0 amide bonds. The zero-order valence-electron chi connectivity index (χ0n) is 22.9. The Morgan fingerprint density at radius 1 is 0.925 bits per heavy atom. The molecule has 0 aliphatic heterocycles. The second kappa shape index (κ2) is 12.2. The van der Waals surface area contributed by atoms with Crippen LogP contribution in [0, 0.1) is 0 Å². The van der Waals surface area contributed by atoms with Gasteiger partial charge < -0.3 is 23.5 Å². The van der Waals surface area contributed by atoms with Crippen molar-refractivity contribution >= 4 is 38.3 Å². The quantitative estimate of drug-likeness (QED) is 0.230. The molecule has 2 heterocycles. The van der Waals surface area contributed by atoms with Crippen molar-refractivity contribution in [3.05, 3.63) is 52.3 Å². The number of fused-ring (bicyclic) bond motifs is 1. The summed E-state index contributed by atoms with van der Waals surface area (Å²) >= 11 is 5.98. The lowest BCUT2D eigenvalue weighted by molar-refractivity contribution is 0.172. The van der Waals surface area contributed by atoms with Crippen LogP contribution in [-0.4, -0.2) is 54.0 Å². The monoisotopic (exact) mass is 593 g/mol. The molecule has 0 aliphatic carbocycles. The number of hydrogen-bond donors (Lipinski definition) is 1. The molecule has 216 valence electrons. The predicted molar refractivity (Wildman–Crippen MR) is 151 cm³/mol. The highest BCUT2D eigenvalue weighted by atomic mass is 35.5. The van der Waals surface area contributed by atoms with E-state index in [9.17, 15) is 13.2 Å². The van der Waals surface area contributed by atoms with Gasteiger partial charge in [-0.1, -0.05) is 6.92 Å². The molecule has 14 heteroatoms. The lowest BCUT2D eigenvalue weighted by atomic mass is 10.2. The maximum absolute atomic E-state index is 13.2. The predicted octanol–water partition coefficient (Wildman–Crippen LogP) is 4.06. The summed E-state index contributed by atoms with van der Waals surface area (Å²) in [5.74, 6) is 1.53. The molecule has 0 saturated heterocycles. The van der Waals surface area contributed by atoms with E-state index in [0.29, 0.717) is 54.5 Å². The Morgan fingerprint density at radius 2 is 1.55 bits per heavy atom. The second-order valence-corrected chi connectivity index (χ2v) is 11.1. The van der Waals surface area contributed by atoms with E-state index >= 15 is 0 Å². The molecular weight excluding hydrogens is 562 g/mol. The summed E-state index contributed by atoms with van der Waals surface area (Å²) < 4.78 is 56.3. The molecule has 0 saturated carbocycles. The van der Waals surface area contributed by atoms with Gasteiger partial charge in [0, 0.05) is 71.7 Å². The number of sulfonamides is 1. The lowest BCUT2D eigenvalue weighted by Crippen LogP contribution is -2.19. The minimum atomic E-state index is -4.16. The number of imidazole rings is 2. The van der Waals surface area contributed by atoms with E-state index in [2.05, 4.69) is 9.71 Å². The minimum absolute atomic E-state index is 0.0136. The Bertz CT molecular complexity index is 1660. The Hall–Kier alpha value is -3.68. The number of benzene rings is 2. The number of anilines is 1. The highest BCUT2D eigenvalue weighted by molar-refractivity contribution is 7.92. The molecule has 0 spiro atoms. The topological polar surface area (TPSA) is 128 Å². The molecule has 0 bridgehead atoms. The first kappa shape index (κ1) is 29.3. The van der Waals surface area contributed by atoms with Gasteiger partial charge in [0.05, 0.1) is 29.9 Å². The molecule has 4 rings (SSSR count). The number of ether oxygens (including phenoxy) is 4. The molecule has 4 aromatic rings. The molecule has 0 aliphatic rings. The van der Waals surface area contributed by atoms with Crippen molar-refractivity contribution < 1.29 is 27.4 Å². The molecule has 0 radical (unpaired) electrons. The molecule has 0 fully saturated rings. The van der Waals surface area contributed by atoms with Gasteiger partial charge in [-0.3, -0.25) is 13.9 Å². The van der Waals surface area contributed by atoms with E-state index in [0.717, 1.165) is 6.42 Å². The third-order valence-electron chi connectivity index (χ3n) is 6.01. The van der Waals surface area contributed by atoms with Crippen LogP contribution >= 0.6 is 11.6 Å². The Labute approximate surface area is 237 Å². The van der Waals surface area contributed by atoms with E-state index < -0.39 is 10.0 Å². The van der Waals surface area contributed by atoms with Gasteiger partial charge in [-0.2, -0.15) is 8.42 Å². The number of aryl methyl sites for hydroxylation is 3. The van der Waals surface area contributed by atoms with Crippen molar-refractivity contribution in [1.82, 2.24) is 18.7 Å². The van der Waals surface area contributed by atoms with Gasteiger partial charge >= 0.3 is 5.69 Å². The highest BCUT2D eigenvalue weighted by Gasteiger charge is 2.23. The highest BCUT2D eigenvalue weighted by Crippen LogP contribution is 2.37. The smallest absolute Gasteiger partial charge is 0.328 e. The summed E-state index contributed by atoms with van der Waals surface area (Å²) in [7, 11) is 2.27. The summed E-state index contributed by atoms with van der Waals surface area (Å²) in [4.78, 5) is 16.5. The van der Waals surface area contributed by atoms with Crippen LogP contribution in [0.1, 0.15) is 19.8 Å². The van der Waals surface area contributed by atoms with Crippen molar-refractivity contribution in [2.75, 3.05) is 31.7 Å². The number of aromatic nitrogens is 4. The van der Waals surface area contributed by atoms with E-state index in [-0.39, 0.29) is 27.4 Å². The number of halogens is 1. The van der Waals surface area contributed by atoms with Gasteiger partial charge in [-0.05, 0) is 24.1 Å². The Kier molecular flexibility index (Phi) is 8.96.